The van der Waals surface area contributed by atoms with Gasteiger partial charge in [-0.05, 0) is 53.6 Å². The standard InChI is InChI=1S/C11H28N2O6P2/c1-10(2,20(14,15)16)12-8-6-5-7-9-13-11(3,4)21(17,18)19/h12-13H,5-9H2,1-4H3,(H2,14,15,16)(H2,17,18,19). The summed E-state index contributed by atoms with van der Waals surface area (Å²) >= 11 is 0. The lowest BCUT2D eigenvalue weighted by Gasteiger charge is -2.28. The van der Waals surface area contributed by atoms with E-state index in [0.717, 1.165) is 19.3 Å². The van der Waals surface area contributed by atoms with E-state index in [2.05, 4.69) is 10.6 Å². The zero-order valence-electron chi connectivity index (χ0n) is 13.0. The Labute approximate surface area is 126 Å². The molecule has 0 rings (SSSR count). The van der Waals surface area contributed by atoms with Gasteiger partial charge in [-0.1, -0.05) is 6.42 Å². The molecule has 10 heteroatoms. The highest BCUT2D eigenvalue weighted by Crippen LogP contribution is 2.48. The Hall–Kier alpha value is 0.220. The molecule has 0 amide bonds. The van der Waals surface area contributed by atoms with Crippen molar-refractivity contribution in [2.24, 2.45) is 0 Å². The molecule has 0 spiro atoms. The van der Waals surface area contributed by atoms with Crippen LogP contribution in [0.3, 0.4) is 0 Å². The summed E-state index contributed by atoms with van der Waals surface area (Å²) in [5, 5.41) is 3.16. The molecule has 0 saturated carbocycles. The number of hydrogen-bond acceptors (Lipinski definition) is 4. The first-order valence-electron chi connectivity index (χ1n) is 6.82. The Morgan fingerprint density at radius 2 is 1.00 bits per heavy atom. The molecule has 0 aromatic carbocycles. The Morgan fingerprint density at radius 1 is 0.714 bits per heavy atom. The Balaban J connectivity index is 3.86. The SMILES string of the molecule is CC(C)(NCCCCCNC(C)(C)P(=O)(O)O)P(=O)(O)O. The molecule has 0 atom stereocenters. The Morgan fingerprint density at radius 3 is 1.24 bits per heavy atom. The molecule has 128 valence electrons. The van der Waals surface area contributed by atoms with Crippen molar-refractivity contribution in [3.8, 4) is 0 Å². The van der Waals surface area contributed by atoms with Gasteiger partial charge in [-0.3, -0.25) is 9.13 Å². The fourth-order valence-electron chi connectivity index (χ4n) is 1.42. The lowest BCUT2D eigenvalue weighted by atomic mass is 10.2. The maximum Gasteiger partial charge on any atom is 0.344 e. The summed E-state index contributed by atoms with van der Waals surface area (Å²) in [5.74, 6) is 0. The first-order chi connectivity index (χ1) is 9.21. The smallest absolute Gasteiger partial charge is 0.323 e. The molecule has 0 aromatic heterocycles. The molecule has 8 nitrogen and oxygen atoms in total. The van der Waals surface area contributed by atoms with Gasteiger partial charge in [0, 0.05) is 0 Å². The van der Waals surface area contributed by atoms with Crippen molar-refractivity contribution < 1.29 is 28.7 Å². The summed E-state index contributed by atoms with van der Waals surface area (Å²) < 4.78 is 22.3. The second-order valence-electron chi connectivity index (χ2n) is 6.12. The summed E-state index contributed by atoms with van der Waals surface area (Å²) in [7, 11) is -8.36. The molecule has 0 aliphatic carbocycles. The van der Waals surface area contributed by atoms with Crippen molar-refractivity contribution >= 4 is 15.2 Å². The molecule has 0 saturated heterocycles. The fraction of sp³-hybridized carbons (Fsp3) is 1.00. The van der Waals surface area contributed by atoms with E-state index in [9.17, 15) is 9.13 Å². The predicted molar refractivity (Wildman–Crippen MR) is 82.1 cm³/mol. The van der Waals surface area contributed by atoms with Crippen LogP contribution >= 0.6 is 15.2 Å². The van der Waals surface area contributed by atoms with E-state index in [1.54, 1.807) is 0 Å². The Bertz CT molecular complexity index is 377. The first-order valence-corrected chi connectivity index (χ1v) is 10.0. The predicted octanol–water partition coefficient (Wildman–Crippen LogP) is 1.16. The molecule has 0 unspecified atom stereocenters. The average Bonchev–Trinajstić information content (AvgIpc) is 2.24. The third-order valence-corrected chi connectivity index (χ3v) is 6.65. The van der Waals surface area contributed by atoms with Crippen molar-refractivity contribution in [1.29, 1.82) is 0 Å². The minimum Gasteiger partial charge on any atom is -0.323 e. The van der Waals surface area contributed by atoms with Gasteiger partial charge < -0.3 is 30.2 Å². The third-order valence-electron chi connectivity index (χ3n) is 3.43. The largest absolute Gasteiger partial charge is 0.344 e. The normalized spacial score (nSPS) is 14.5. The maximum absolute atomic E-state index is 11.2. The molecular weight excluding hydrogens is 318 g/mol. The minimum atomic E-state index is -4.18. The third kappa shape index (κ3) is 7.35. The molecule has 0 heterocycles. The zero-order valence-corrected chi connectivity index (χ0v) is 14.8. The highest BCUT2D eigenvalue weighted by molar-refractivity contribution is 7.53. The minimum absolute atomic E-state index is 0.472. The average molecular weight is 346 g/mol. The topological polar surface area (TPSA) is 139 Å². The number of unbranched alkanes of at least 4 members (excludes halogenated alkanes) is 2. The lowest BCUT2D eigenvalue weighted by Crippen LogP contribution is -2.40. The summed E-state index contributed by atoms with van der Waals surface area (Å²) in [5.41, 5.74) is 0. The van der Waals surface area contributed by atoms with Gasteiger partial charge in [0.25, 0.3) is 0 Å². The van der Waals surface area contributed by atoms with Crippen molar-refractivity contribution in [2.45, 2.75) is 57.5 Å². The van der Waals surface area contributed by atoms with Crippen LogP contribution < -0.4 is 10.6 Å². The summed E-state index contributed by atoms with van der Waals surface area (Å²) in [6, 6.07) is 0. The molecule has 0 aliphatic heterocycles. The molecule has 21 heavy (non-hydrogen) atoms. The maximum atomic E-state index is 11.2. The van der Waals surface area contributed by atoms with Gasteiger partial charge in [-0.15, -0.1) is 0 Å². The fourth-order valence-corrected chi connectivity index (χ4v) is 2.06. The lowest BCUT2D eigenvalue weighted by molar-refractivity contribution is 0.312. The van der Waals surface area contributed by atoms with Gasteiger partial charge in [0.2, 0.25) is 0 Å². The van der Waals surface area contributed by atoms with Crippen LogP contribution in [0.1, 0.15) is 47.0 Å². The van der Waals surface area contributed by atoms with Gasteiger partial charge >= 0.3 is 15.2 Å². The van der Waals surface area contributed by atoms with Crippen LogP contribution in [-0.4, -0.2) is 43.2 Å². The monoisotopic (exact) mass is 346 g/mol. The quantitative estimate of drug-likeness (QED) is 0.256. The second-order valence-corrected chi connectivity index (χ2v) is 10.5. The van der Waals surface area contributed by atoms with E-state index in [0.29, 0.717) is 13.1 Å². The van der Waals surface area contributed by atoms with Crippen LogP contribution in [0.4, 0.5) is 0 Å². The van der Waals surface area contributed by atoms with Crippen LogP contribution in [0.15, 0.2) is 0 Å². The molecule has 0 bridgehead atoms. The van der Waals surface area contributed by atoms with Crippen LogP contribution in [0.5, 0.6) is 0 Å². The van der Waals surface area contributed by atoms with Gasteiger partial charge in [0.1, 0.15) is 10.6 Å². The van der Waals surface area contributed by atoms with E-state index < -0.39 is 25.8 Å². The van der Waals surface area contributed by atoms with Crippen LogP contribution in [-0.2, 0) is 9.13 Å². The van der Waals surface area contributed by atoms with E-state index in [1.165, 1.54) is 27.7 Å². The summed E-state index contributed by atoms with van der Waals surface area (Å²) in [4.78, 5) is 36.5. The van der Waals surface area contributed by atoms with Gasteiger partial charge in [0.15, 0.2) is 0 Å². The summed E-state index contributed by atoms with van der Waals surface area (Å²) in [6.07, 6.45) is 2.23. The van der Waals surface area contributed by atoms with Crippen LogP contribution in [0.25, 0.3) is 0 Å². The van der Waals surface area contributed by atoms with Crippen molar-refractivity contribution in [2.75, 3.05) is 13.1 Å². The highest BCUT2D eigenvalue weighted by atomic mass is 31.2. The van der Waals surface area contributed by atoms with Crippen LogP contribution in [0, 0.1) is 0 Å². The zero-order chi connectivity index (χ0) is 16.9. The van der Waals surface area contributed by atoms with E-state index in [-0.39, 0.29) is 0 Å². The van der Waals surface area contributed by atoms with Gasteiger partial charge in [-0.2, -0.15) is 0 Å². The summed E-state index contributed by atoms with van der Waals surface area (Å²) in [6.45, 7) is 6.77. The van der Waals surface area contributed by atoms with Gasteiger partial charge in [0.05, 0.1) is 0 Å². The van der Waals surface area contributed by atoms with Crippen molar-refractivity contribution in [3.05, 3.63) is 0 Å². The van der Waals surface area contributed by atoms with E-state index in [1.807, 2.05) is 0 Å². The molecule has 6 N–H and O–H groups in total. The van der Waals surface area contributed by atoms with Crippen LogP contribution in [0.2, 0.25) is 0 Å². The molecule has 0 fully saturated rings. The molecule has 0 radical (unpaired) electrons. The number of hydrogen-bond donors (Lipinski definition) is 6. The van der Waals surface area contributed by atoms with Crippen molar-refractivity contribution in [3.63, 3.8) is 0 Å². The molecule has 0 aliphatic rings. The molecule has 0 aromatic rings. The van der Waals surface area contributed by atoms with E-state index in [4.69, 9.17) is 19.6 Å². The first kappa shape index (κ1) is 21.2. The Kier molecular flexibility index (Phi) is 7.74. The highest BCUT2D eigenvalue weighted by Gasteiger charge is 2.37. The second kappa shape index (κ2) is 7.66. The molecular formula is C11H28N2O6P2. The van der Waals surface area contributed by atoms with Gasteiger partial charge in [-0.25, -0.2) is 0 Å². The van der Waals surface area contributed by atoms with Crippen molar-refractivity contribution in [1.82, 2.24) is 10.6 Å². The number of nitrogens with one attached hydrogen (secondary N) is 2. The number of rotatable bonds is 10. The van der Waals surface area contributed by atoms with E-state index >= 15 is 0 Å².